The first kappa shape index (κ1) is 31.5. The van der Waals surface area contributed by atoms with Gasteiger partial charge in [0.1, 0.15) is 6.17 Å². The summed E-state index contributed by atoms with van der Waals surface area (Å²) in [7, 11) is -4.16. The Labute approximate surface area is 237 Å². The highest BCUT2D eigenvalue weighted by atomic mass is 32.2. The minimum atomic E-state index is -4.16. The zero-order chi connectivity index (χ0) is 29.9. The van der Waals surface area contributed by atoms with E-state index >= 15 is 8.78 Å². The number of hydrogen-bond acceptors (Lipinski definition) is 7. The van der Waals surface area contributed by atoms with Crippen molar-refractivity contribution in [1.82, 2.24) is 0 Å². The zero-order valence-corrected chi connectivity index (χ0v) is 25.0. The fourth-order valence-electron chi connectivity index (χ4n) is 8.16. The van der Waals surface area contributed by atoms with Gasteiger partial charge in [-0.1, -0.05) is 38.6 Å². The van der Waals surface area contributed by atoms with Crippen molar-refractivity contribution in [2.45, 2.75) is 89.8 Å². The maximum absolute atomic E-state index is 17.5. The van der Waals surface area contributed by atoms with Crippen molar-refractivity contribution in [3.05, 3.63) is 23.8 Å². The van der Waals surface area contributed by atoms with Gasteiger partial charge in [0.2, 0.25) is 5.12 Å². The van der Waals surface area contributed by atoms with Gasteiger partial charge in [0.05, 0.1) is 6.10 Å². The number of allylic oxidation sites excluding steroid dienone is 4. The molecule has 3 N–H and O–H groups in total. The summed E-state index contributed by atoms with van der Waals surface area (Å²) in [6, 6.07) is 0. The van der Waals surface area contributed by atoms with E-state index in [0.29, 0.717) is 6.42 Å². The number of ether oxygens (including phenoxy) is 1. The van der Waals surface area contributed by atoms with Crippen LogP contribution in [0.1, 0.15) is 66.2 Å². The number of halogens is 2. The van der Waals surface area contributed by atoms with Crippen LogP contribution in [-0.4, -0.2) is 67.2 Å². The van der Waals surface area contributed by atoms with Crippen LogP contribution in [0.15, 0.2) is 23.8 Å². The predicted octanol–water partition coefficient (Wildman–Crippen LogP) is 4.46. The largest absolute Gasteiger partial charge is 0.449 e. The first-order chi connectivity index (χ1) is 18.5. The van der Waals surface area contributed by atoms with Crippen LogP contribution in [0.5, 0.6) is 0 Å². The molecule has 0 spiro atoms. The summed E-state index contributed by atoms with van der Waals surface area (Å²) < 4.78 is 50.3. The lowest BCUT2D eigenvalue weighted by Gasteiger charge is -2.63. The fourth-order valence-corrected chi connectivity index (χ4v) is 10.0. The molecule has 12 heteroatoms. The molecule has 40 heavy (non-hydrogen) atoms. The van der Waals surface area contributed by atoms with Gasteiger partial charge in [0.25, 0.3) is 0 Å². The summed E-state index contributed by atoms with van der Waals surface area (Å²) in [5.74, 6) is -3.00. The Morgan fingerprint density at radius 1 is 1.20 bits per heavy atom. The van der Waals surface area contributed by atoms with Crippen LogP contribution < -0.4 is 0 Å². The third-order valence-corrected chi connectivity index (χ3v) is 12.1. The van der Waals surface area contributed by atoms with Gasteiger partial charge in [-0.15, -0.1) is 0 Å². The number of aliphatic hydroxyl groups is 1. The van der Waals surface area contributed by atoms with Gasteiger partial charge in [-0.05, 0) is 62.7 Å². The molecule has 0 bridgehead atoms. The summed E-state index contributed by atoms with van der Waals surface area (Å²) in [5.41, 5.74) is -6.78. The molecule has 4 aliphatic rings. The molecule has 0 aromatic carbocycles. The Morgan fingerprint density at radius 2 is 1.88 bits per heavy atom. The number of fused-ring (bicyclic) bond motifs is 5. The molecule has 9 atom stereocenters. The van der Waals surface area contributed by atoms with Gasteiger partial charge >= 0.3 is 13.6 Å². The lowest BCUT2D eigenvalue weighted by molar-refractivity contribution is -0.228. The summed E-state index contributed by atoms with van der Waals surface area (Å²) >= 11 is 0.905. The van der Waals surface area contributed by atoms with E-state index in [1.807, 2.05) is 0 Å². The predicted molar refractivity (Wildman–Crippen MR) is 146 cm³/mol. The van der Waals surface area contributed by atoms with Crippen LogP contribution in [0.3, 0.4) is 0 Å². The first-order valence-electron chi connectivity index (χ1n) is 13.9. The highest BCUT2D eigenvalue weighted by molar-refractivity contribution is 8.13. The highest BCUT2D eigenvalue weighted by Crippen LogP contribution is 2.72. The number of carbonyl (C=O) groups excluding carboxylic acids is 3. The van der Waals surface area contributed by atoms with E-state index in [-0.39, 0.29) is 49.6 Å². The summed E-state index contributed by atoms with van der Waals surface area (Å²) in [5, 5.41) is 11.1. The molecule has 3 fully saturated rings. The van der Waals surface area contributed by atoms with Crippen molar-refractivity contribution in [2.75, 3.05) is 11.9 Å². The summed E-state index contributed by atoms with van der Waals surface area (Å²) in [4.78, 5) is 57.0. The van der Waals surface area contributed by atoms with Crippen molar-refractivity contribution >= 4 is 36.2 Å². The van der Waals surface area contributed by atoms with Crippen molar-refractivity contribution in [3.8, 4) is 0 Å². The van der Waals surface area contributed by atoms with Crippen LogP contribution >= 0.6 is 19.4 Å². The van der Waals surface area contributed by atoms with Crippen molar-refractivity contribution in [1.29, 1.82) is 0 Å². The van der Waals surface area contributed by atoms with E-state index in [1.165, 1.54) is 19.1 Å². The molecule has 0 radical (unpaired) electrons. The van der Waals surface area contributed by atoms with Crippen LogP contribution in [0.2, 0.25) is 0 Å². The maximum Gasteiger partial charge on any atom is 0.325 e. The summed E-state index contributed by atoms with van der Waals surface area (Å²) in [6.07, 6.45) is 0.451. The molecule has 4 rings (SSSR count). The molecule has 0 aliphatic heterocycles. The highest BCUT2D eigenvalue weighted by Gasteiger charge is 2.78. The monoisotopic (exact) mass is 604 g/mol. The zero-order valence-electron chi connectivity index (χ0n) is 23.3. The Morgan fingerprint density at radius 3 is 2.50 bits per heavy atom. The van der Waals surface area contributed by atoms with Crippen molar-refractivity contribution in [3.63, 3.8) is 0 Å². The van der Waals surface area contributed by atoms with Crippen LogP contribution in [0.25, 0.3) is 0 Å². The number of carbonyl (C=O) groups is 3. The molecular formula is C28H39F2O8PS. The van der Waals surface area contributed by atoms with E-state index in [2.05, 4.69) is 0 Å². The van der Waals surface area contributed by atoms with E-state index < -0.39 is 76.6 Å². The van der Waals surface area contributed by atoms with E-state index in [1.54, 1.807) is 20.8 Å². The van der Waals surface area contributed by atoms with Crippen LogP contribution in [0, 0.1) is 28.6 Å². The molecule has 0 unspecified atom stereocenters. The SMILES string of the molecule is CCC(=O)O[C@]1(C(=O)SCCCCP(=O)(O)O)[C@H](C)C[C@H]2[C@@H]3C[C@H](F)C4=CC(=O)C=C[C@]4(C)[C@@]3(F)[C@@H](O)C[C@@]21C. The molecule has 224 valence electrons. The third-order valence-electron chi connectivity index (χ3n) is 10.1. The minimum absolute atomic E-state index is 0.00785. The number of unbranched alkanes of at least 4 members (excludes halogenated alkanes) is 1. The van der Waals surface area contributed by atoms with Crippen molar-refractivity contribution in [2.24, 2.45) is 28.6 Å². The number of alkyl halides is 2. The van der Waals surface area contributed by atoms with Gasteiger partial charge in [-0.2, -0.15) is 0 Å². The third kappa shape index (κ3) is 4.68. The second-order valence-electron chi connectivity index (χ2n) is 12.3. The Bertz CT molecular complexity index is 1190. The Hall–Kier alpha value is -1.39. The Balaban J connectivity index is 1.72. The smallest absolute Gasteiger partial charge is 0.325 e. The minimum Gasteiger partial charge on any atom is -0.449 e. The van der Waals surface area contributed by atoms with Crippen molar-refractivity contribution < 1.29 is 47.4 Å². The number of esters is 1. The molecule has 0 aromatic heterocycles. The lowest BCUT2D eigenvalue weighted by atomic mass is 9.44. The molecule has 0 heterocycles. The summed E-state index contributed by atoms with van der Waals surface area (Å²) in [6.45, 7) is 6.58. The topological polar surface area (TPSA) is 138 Å². The van der Waals surface area contributed by atoms with Gasteiger partial charge in [-0.25, -0.2) is 8.78 Å². The Kier molecular flexibility index (Phi) is 8.44. The maximum atomic E-state index is 17.5. The number of ketones is 1. The lowest BCUT2D eigenvalue weighted by Crippen LogP contribution is -2.70. The average molecular weight is 605 g/mol. The molecule has 8 nitrogen and oxygen atoms in total. The number of aliphatic hydroxyl groups excluding tert-OH is 1. The molecular weight excluding hydrogens is 565 g/mol. The normalized spacial score (nSPS) is 42.5. The second-order valence-corrected chi connectivity index (χ2v) is 15.1. The average Bonchev–Trinajstić information content (AvgIpc) is 3.08. The quantitative estimate of drug-likeness (QED) is 0.208. The molecule has 0 aromatic rings. The van der Waals surface area contributed by atoms with Crippen LogP contribution in [-0.2, 0) is 23.7 Å². The molecule has 3 saturated carbocycles. The van der Waals surface area contributed by atoms with E-state index in [4.69, 9.17) is 14.5 Å². The number of rotatable bonds is 8. The van der Waals surface area contributed by atoms with Gasteiger partial charge in [0.15, 0.2) is 17.1 Å². The molecule has 0 saturated heterocycles. The van der Waals surface area contributed by atoms with E-state index in [9.17, 15) is 24.1 Å². The van der Waals surface area contributed by atoms with E-state index in [0.717, 1.165) is 17.8 Å². The second kappa shape index (κ2) is 10.7. The first-order valence-corrected chi connectivity index (χ1v) is 16.7. The molecule has 0 amide bonds. The van der Waals surface area contributed by atoms with Gasteiger partial charge in [-0.3, -0.25) is 18.9 Å². The van der Waals surface area contributed by atoms with Gasteiger partial charge < -0.3 is 19.6 Å². The number of thioether (sulfide) groups is 1. The van der Waals surface area contributed by atoms with Crippen LogP contribution in [0.4, 0.5) is 8.78 Å². The standard InChI is InChI=1S/C28H39F2O8PS/c1-5-23(33)38-28(24(34)40-11-7-6-10-39(35,36)37)16(2)12-18-19-14-21(29)20-13-17(31)8-9-25(20,3)27(19,30)22(32)15-26(18,28)4/h8-9,13,16,18-19,21-22,32H,5-7,10-12,14-15H2,1-4H3,(H2,35,36,37)/t16-,18+,19+,21+,22+,25+,26+,27+,28+/m1/s1. The number of hydrogen-bond donors (Lipinski definition) is 3. The molecule has 4 aliphatic carbocycles. The fraction of sp³-hybridized carbons (Fsp3) is 0.750. The van der Waals surface area contributed by atoms with Gasteiger partial charge in [0, 0.05) is 41.0 Å².